The van der Waals surface area contributed by atoms with Crippen molar-refractivity contribution in [3.05, 3.63) is 53.9 Å². The molecule has 0 aliphatic carbocycles. The van der Waals surface area contributed by atoms with Gasteiger partial charge in [-0.25, -0.2) is 15.0 Å². The minimum absolute atomic E-state index is 0. The molecule has 158 valence electrons. The second kappa shape index (κ2) is 12.6. The van der Waals surface area contributed by atoms with Crippen LogP contribution in [0.1, 0.15) is 18.1 Å². The average Bonchev–Trinajstić information content (AvgIpc) is 2.73. The number of halogens is 1. The SMILES string of the molecule is CCNC(=NCc1cccc(C)c1)NCCN1CCN(c2ncccn2)CC1.I. The van der Waals surface area contributed by atoms with E-state index >= 15 is 0 Å². The first-order valence-corrected chi connectivity index (χ1v) is 10.1. The molecule has 29 heavy (non-hydrogen) atoms. The van der Waals surface area contributed by atoms with E-state index in [1.165, 1.54) is 11.1 Å². The van der Waals surface area contributed by atoms with Gasteiger partial charge in [0.05, 0.1) is 6.54 Å². The Hall–Kier alpha value is -1.94. The number of nitrogens with zero attached hydrogens (tertiary/aromatic N) is 5. The van der Waals surface area contributed by atoms with Crippen molar-refractivity contribution < 1.29 is 0 Å². The summed E-state index contributed by atoms with van der Waals surface area (Å²) in [6, 6.07) is 10.4. The molecule has 0 saturated carbocycles. The van der Waals surface area contributed by atoms with Crippen LogP contribution in [0.2, 0.25) is 0 Å². The zero-order chi connectivity index (χ0) is 19.6. The molecule has 3 rings (SSSR count). The molecule has 7 nitrogen and oxygen atoms in total. The number of piperazine rings is 1. The highest BCUT2D eigenvalue weighted by atomic mass is 127. The summed E-state index contributed by atoms with van der Waals surface area (Å²) in [5.41, 5.74) is 2.50. The summed E-state index contributed by atoms with van der Waals surface area (Å²) in [6.07, 6.45) is 3.61. The Balaban J connectivity index is 0.00000300. The average molecular weight is 509 g/mol. The van der Waals surface area contributed by atoms with Gasteiger partial charge in [0.1, 0.15) is 0 Å². The summed E-state index contributed by atoms with van der Waals surface area (Å²) in [6.45, 7) is 11.6. The van der Waals surface area contributed by atoms with Crippen molar-refractivity contribution in [3.8, 4) is 0 Å². The van der Waals surface area contributed by atoms with E-state index in [-0.39, 0.29) is 24.0 Å². The van der Waals surface area contributed by atoms with E-state index in [4.69, 9.17) is 4.99 Å². The fourth-order valence-corrected chi connectivity index (χ4v) is 3.28. The van der Waals surface area contributed by atoms with Gasteiger partial charge in [-0.05, 0) is 25.5 Å². The Morgan fingerprint density at radius 1 is 1.07 bits per heavy atom. The summed E-state index contributed by atoms with van der Waals surface area (Å²) in [7, 11) is 0. The van der Waals surface area contributed by atoms with Crippen molar-refractivity contribution in [2.75, 3.05) is 50.7 Å². The number of aryl methyl sites for hydroxylation is 1. The number of hydrogen-bond donors (Lipinski definition) is 2. The quantitative estimate of drug-likeness (QED) is 0.339. The molecule has 0 spiro atoms. The van der Waals surface area contributed by atoms with Crippen LogP contribution in [0, 0.1) is 6.92 Å². The van der Waals surface area contributed by atoms with Crippen LogP contribution < -0.4 is 15.5 Å². The summed E-state index contributed by atoms with van der Waals surface area (Å²) < 4.78 is 0. The molecular weight excluding hydrogens is 477 g/mol. The van der Waals surface area contributed by atoms with Crippen LogP contribution in [0.3, 0.4) is 0 Å². The maximum Gasteiger partial charge on any atom is 0.225 e. The lowest BCUT2D eigenvalue weighted by atomic mass is 10.1. The molecule has 1 aliphatic rings. The van der Waals surface area contributed by atoms with E-state index < -0.39 is 0 Å². The molecule has 1 saturated heterocycles. The normalized spacial score (nSPS) is 15.0. The van der Waals surface area contributed by atoms with Crippen molar-refractivity contribution in [3.63, 3.8) is 0 Å². The summed E-state index contributed by atoms with van der Waals surface area (Å²) in [5, 5.41) is 6.78. The zero-order valence-electron chi connectivity index (χ0n) is 17.3. The molecule has 2 aromatic rings. The summed E-state index contributed by atoms with van der Waals surface area (Å²) in [5.74, 6) is 1.71. The number of benzene rings is 1. The van der Waals surface area contributed by atoms with Gasteiger partial charge in [-0.15, -0.1) is 24.0 Å². The van der Waals surface area contributed by atoms with Gasteiger partial charge >= 0.3 is 0 Å². The highest BCUT2D eigenvalue weighted by Gasteiger charge is 2.18. The third kappa shape index (κ3) is 7.77. The van der Waals surface area contributed by atoms with Gasteiger partial charge in [0, 0.05) is 58.2 Å². The van der Waals surface area contributed by atoms with Crippen LogP contribution in [0.25, 0.3) is 0 Å². The molecule has 8 heteroatoms. The van der Waals surface area contributed by atoms with Crippen molar-refractivity contribution in [2.45, 2.75) is 20.4 Å². The lowest BCUT2D eigenvalue weighted by molar-refractivity contribution is 0.260. The van der Waals surface area contributed by atoms with Crippen LogP contribution in [-0.4, -0.2) is 66.6 Å². The topological polar surface area (TPSA) is 68.7 Å². The molecule has 0 bridgehead atoms. The number of anilines is 1. The number of aromatic nitrogens is 2. The van der Waals surface area contributed by atoms with Crippen molar-refractivity contribution in [2.24, 2.45) is 4.99 Å². The van der Waals surface area contributed by atoms with E-state index in [2.05, 4.69) is 68.5 Å². The Bertz CT molecular complexity index is 746. The minimum Gasteiger partial charge on any atom is -0.357 e. The summed E-state index contributed by atoms with van der Waals surface area (Å²) in [4.78, 5) is 18.1. The zero-order valence-corrected chi connectivity index (χ0v) is 19.7. The van der Waals surface area contributed by atoms with E-state index in [1.54, 1.807) is 12.4 Å². The minimum atomic E-state index is 0. The third-order valence-corrected chi connectivity index (χ3v) is 4.77. The molecule has 0 atom stereocenters. The largest absolute Gasteiger partial charge is 0.357 e. The lowest BCUT2D eigenvalue weighted by Crippen LogP contribution is -2.49. The predicted molar refractivity (Wildman–Crippen MR) is 130 cm³/mol. The van der Waals surface area contributed by atoms with E-state index in [1.807, 2.05) is 6.07 Å². The number of guanidine groups is 1. The van der Waals surface area contributed by atoms with Gasteiger partial charge in [0.25, 0.3) is 0 Å². The first-order chi connectivity index (χ1) is 13.7. The maximum absolute atomic E-state index is 4.71. The van der Waals surface area contributed by atoms with Crippen molar-refractivity contribution in [1.29, 1.82) is 0 Å². The van der Waals surface area contributed by atoms with Crippen molar-refractivity contribution in [1.82, 2.24) is 25.5 Å². The molecule has 0 radical (unpaired) electrons. The maximum atomic E-state index is 4.71. The third-order valence-electron chi connectivity index (χ3n) is 4.77. The van der Waals surface area contributed by atoms with Gasteiger partial charge in [-0.3, -0.25) is 4.90 Å². The van der Waals surface area contributed by atoms with Crippen LogP contribution in [-0.2, 0) is 6.54 Å². The lowest BCUT2D eigenvalue weighted by Gasteiger charge is -2.34. The fraction of sp³-hybridized carbons (Fsp3) is 0.476. The molecule has 2 N–H and O–H groups in total. The number of nitrogens with one attached hydrogen (secondary N) is 2. The molecule has 0 amide bonds. The first-order valence-electron chi connectivity index (χ1n) is 10.1. The highest BCUT2D eigenvalue weighted by molar-refractivity contribution is 14.0. The van der Waals surface area contributed by atoms with Crippen LogP contribution in [0.15, 0.2) is 47.7 Å². The monoisotopic (exact) mass is 509 g/mol. The standard InChI is InChI=1S/C21H31N7.HI/c1-3-22-20(26-17-19-7-4-6-18(2)16-19)23-10-11-27-12-14-28(15-13-27)21-24-8-5-9-25-21;/h4-9,16H,3,10-15,17H2,1-2H3,(H2,22,23,26);1H. The number of hydrogen-bond acceptors (Lipinski definition) is 5. The number of aliphatic imine (C=N–C) groups is 1. The van der Waals surface area contributed by atoms with Crippen molar-refractivity contribution >= 4 is 35.9 Å². The molecular formula is C21H32IN7. The Labute approximate surface area is 191 Å². The second-order valence-electron chi connectivity index (χ2n) is 6.99. The summed E-state index contributed by atoms with van der Waals surface area (Å²) >= 11 is 0. The Kier molecular flexibility index (Phi) is 10.1. The molecule has 1 aromatic heterocycles. The highest BCUT2D eigenvalue weighted by Crippen LogP contribution is 2.09. The molecule has 2 heterocycles. The first kappa shape index (κ1) is 23.3. The van der Waals surface area contributed by atoms with Gasteiger partial charge in [-0.1, -0.05) is 29.8 Å². The smallest absolute Gasteiger partial charge is 0.225 e. The van der Waals surface area contributed by atoms with E-state index in [9.17, 15) is 0 Å². The Morgan fingerprint density at radius 2 is 1.83 bits per heavy atom. The second-order valence-corrected chi connectivity index (χ2v) is 6.99. The Morgan fingerprint density at radius 3 is 2.52 bits per heavy atom. The van der Waals surface area contributed by atoms with Crippen LogP contribution in [0.4, 0.5) is 5.95 Å². The molecule has 0 unspecified atom stereocenters. The van der Waals surface area contributed by atoms with Gasteiger partial charge in [-0.2, -0.15) is 0 Å². The van der Waals surface area contributed by atoms with Gasteiger partial charge in [0.2, 0.25) is 5.95 Å². The van der Waals surface area contributed by atoms with Crippen LogP contribution >= 0.6 is 24.0 Å². The van der Waals surface area contributed by atoms with Gasteiger partial charge in [0.15, 0.2) is 5.96 Å². The van der Waals surface area contributed by atoms with E-state index in [0.717, 1.165) is 57.7 Å². The predicted octanol–water partition coefficient (Wildman–Crippen LogP) is 2.28. The molecule has 1 aromatic carbocycles. The number of rotatable bonds is 7. The fourth-order valence-electron chi connectivity index (χ4n) is 3.28. The van der Waals surface area contributed by atoms with Gasteiger partial charge < -0.3 is 15.5 Å². The molecule has 1 fully saturated rings. The van der Waals surface area contributed by atoms with E-state index in [0.29, 0.717) is 6.54 Å². The molecule has 1 aliphatic heterocycles. The van der Waals surface area contributed by atoms with Crippen LogP contribution in [0.5, 0.6) is 0 Å².